The molecule has 0 unspecified atom stereocenters. The largest absolute Gasteiger partial charge is 0.439 e. The third-order valence-corrected chi connectivity index (χ3v) is 3.24. The van der Waals surface area contributed by atoms with Crippen LogP contribution in [0.15, 0.2) is 54.1 Å². The van der Waals surface area contributed by atoms with E-state index in [9.17, 15) is 4.39 Å². The lowest BCUT2D eigenvalue weighted by Gasteiger charge is -2.10. The smallest absolute Gasteiger partial charge is 0.219 e. The molecular weight excluding hydrogens is 339 g/mol. The number of oxime groups is 1. The van der Waals surface area contributed by atoms with Crippen molar-refractivity contribution < 1.29 is 14.0 Å². The number of halogens is 1. The summed E-state index contributed by atoms with van der Waals surface area (Å²) in [5, 5.41) is 6.76. The van der Waals surface area contributed by atoms with E-state index in [2.05, 4.69) is 30.3 Å². The van der Waals surface area contributed by atoms with Crippen molar-refractivity contribution in [3.63, 3.8) is 0 Å². The summed E-state index contributed by atoms with van der Waals surface area (Å²) < 4.78 is 18.5. The second-order valence-electron chi connectivity index (χ2n) is 5.00. The highest BCUT2D eigenvalue weighted by Crippen LogP contribution is 2.23. The van der Waals surface area contributed by atoms with Crippen LogP contribution < -0.4 is 15.8 Å². The minimum atomic E-state index is -0.332. The fraction of sp³-hybridized carbons (Fsp3) is 0.0588. The highest BCUT2D eigenvalue weighted by atomic mass is 19.1. The minimum absolute atomic E-state index is 0.257. The molecule has 3 aromatic rings. The molecule has 0 aliphatic rings. The van der Waals surface area contributed by atoms with E-state index in [1.807, 2.05) is 0 Å². The molecule has 3 rings (SSSR count). The average molecular weight is 354 g/mol. The maximum absolute atomic E-state index is 12.9. The van der Waals surface area contributed by atoms with Crippen LogP contribution in [0.1, 0.15) is 5.56 Å². The molecule has 3 N–H and O–H groups in total. The predicted octanol–water partition coefficient (Wildman–Crippen LogP) is 3.11. The Morgan fingerprint density at radius 1 is 1.12 bits per heavy atom. The molecule has 0 atom stereocenters. The normalized spacial score (nSPS) is 10.7. The van der Waals surface area contributed by atoms with Crippen LogP contribution in [0.3, 0.4) is 0 Å². The molecule has 26 heavy (non-hydrogen) atoms. The Hall–Kier alpha value is -3.75. The highest BCUT2D eigenvalue weighted by Gasteiger charge is 2.08. The summed E-state index contributed by atoms with van der Waals surface area (Å²) in [6, 6.07) is 9.09. The molecule has 0 saturated carbocycles. The van der Waals surface area contributed by atoms with Crippen LogP contribution >= 0.6 is 0 Å². The molecule has 8 nitrogen and oxygen atoms in total. The van der Waals surface area contributed by atoms with Gasteiger partial charge in [-0.3, -0.25) is 0 Å². The van der Waals surface area contributed by atoms with Gasteiger partial charge in [-0.2, -0.15) is 0 Å². The summed E-state index contributed by atoms with van der Waals surface area (Å²) in [7, 11) is 1.42. The Morgan fingerprint density at radius 2 is 1.92 bits per heavy atom. The van der Waals surface area contributed by atoms with E-state index < -0.39 is 0 Å². The van der Waals surface area contributed by atoms with Crippen molar-refractivity contribution in [1.29, 1.82) is 0 Å². The topological polar surface area (TPSA) is 108 Å². The lowest BCUT2D eigenvalue weighted by Crippen LogP contribution is -2.05. The molecule has 132 valence electrons. The van der Waals surface area contributed by atoms with Crippen molar-refractivity contribution in [2.24, 2.45) is 5.16 Å². The molecule has 0 radical (unpaired) electrons. The first-order valence-corrected chi connectivity index (χ1v) is 7.49. The fourth-order valence-electron chi connectivity index (χ4n) is 2.02. The van der Waals surface area contributed by atoms with Gasteiger partial charge in [-0.1, -0.05) is 5.16 Å². The van der Waals surface area contributed by atoms with Gasteiger partial charge in [0.1, 0.15) is 36.6 Å². The van der Waals surface area contributed by atoms with Gasteiger partial charge in [0.05, 0.1) is 23.7 Å². The van der Waals surface area contributed by atoms with Gasteiger partial charge in [0.15, 0.2) is 0 Å². The van der Waals surface area contributed by atoms with Crippen molar-refractivity contribution in [1.82, 2.24) is 15.0 Å². The SMILES string of the molecule is CO/N=C/c1c(N)ncnc1Nc1ccc(Oc2ccc(F)cc2)nc1. The first-order chi connectivity index (χ1) is 12.7. The van der Waals surface area contributed by atoms with Crippen LogP contribution in [0.25, 0.3) is 0 Å². The zero-order valence-corrected chi connectivity index (χ0v) is 13.8. The monoisotopic (exact) mass is 354 g/mol. The number of hydrogen-bond acceptors (Lipinski definition) is 8. The summed E-state index contributed by atoms with van der Waals surface area (Å²) in [5.41, 5.74) is 6.98. The van der Waals surface area contributed by atoms with E-state index in [-0.39, 0.29) is 11.6 Å². The molecule has 1 aromatic carbocycles. The molecule has 0 aliphatic carbocycles. The predicted molar refractivity (Wildman–Crippen MR) is 95.0 cm³/mol. The van der Waals surface area contributed by atoms with Gasteiger partial charge in [-0.05, 0) is 30.3 Å². The zero-order valence-electron chi connectivity index (χ0n) is 13.8. The Bertz CT molecular complexity index is 900. The van der Waals surface area contributed by atoms with Crippen LogP contribution in [0.4, 0.5) is 21.7 Å². The van der Waals surface area contributed by atoms with Gasteiger partial charge in [0, 0.05) is 6.07 Å². The zero-order chi connectivity index (χ0) is 18.4. The minimum Gasteiger partial charge on any atom is -0.439 e. The maximum atomic E-state index is 12.9. The van der Waals surface area contributed by atoms with Gasteiger partial charge in [0.25, 0.3) is 0 Å². The number of nitrogens with two attached hydrogens (primary N) is 1. The summed E-state index contributed by atoms with van der Waals surface area (Å²) in [6.07, 6.45) is 4.31. The number of ether oxygens (including phenoxy) is 1. The summed E-state index contributed by atoms with van der Waals surface area (Å²) in [6.45, 7) is 0. The van der Waals surface area contributed by atoms with Crippen LogP contribution in [0.2, 0.25) is 0 Å². The van der Waals surface area contributed by atoms with Gasteiger partial charge in [-0.15, -0.1) is 0 Å². The quantitative estimate of drug-likeness (QED) is 0.517. The molecule has 2 heterocycles. The number of rotatable bonds is 6. The third-order valence-electron chi connectivity index (χ3n) is 3.24. The molecular formula is C17H15FN6O2. The van der Waals surface area contributed by atoms with Crippen molar-refractivity contribution >= 4 is 23.5 Å². The van der Waals surface area contributed by atoms with Gasteiger partial charge in [-0.25, -0.2) is 19.3 Å². The van der Waals surface area contributed by atoms with E-state index in [0.717, 1.165) is 0 Å². The van der Waals surface area contributed by atoms with E-state index in [1.165, 1.54) is 43.9 Å². The lowest BCUT2D eigenvalue weighted by atomic mass is 10.3. The number of hydrogen-bond donors (Lipinski definition) is 2. The van der Waals surface area contributed by atoms with Crippen LogP contribution in [-0.2, 0) is 4.84 Å². The Labute approximate surface area is 148 Å². The van der Waals surface area contributed by atoms with Crippen molar-refractivity contribution in [3.05, 3.63) is 60.3 Å². The molecule has 0 spiro atoms. The van der Waals surface area contributed by atoms with E-state index >= 15 is 0 Å². The number of pyridine rings is 1. The maximum Gasteiger partial charge on any atom is 0.219 e. The number of anilines is 3. The van der Waals surface area contributed by atoms with Crippen LogP contribution in [-0.4, -0.2) is 28.3 Å². The van der Waals surface area contributed by atoms with Crippen molar-refractivity contribution in [2.75, 3.05) is 18.2 Å². The third kappa shape index (κ3) is 4.20. The standard InChI is InChI=1S/C17H15FN6O2/c1-25-23-9-14-16(19)21-10-22-17(14)24-12-4-7-15(20-8-12)26-13-5-2-11(18)3-6-13/h2-10H,1H3,(H3,19,21,22,24)/b23-9+. The van der Waals surface area contributed by atoms with E-state index in [1.54, 1.807) is 18.3 Å². The molecule has 0 fully saturated rings. The molecule has 0 aliphatic heterocycles. The lowest BCUT2D eigenvalue weighted by molar-refractivity contribution is 0.215. The number of benzene rings is 1. The van der Waals surface area contributed by atoms with Gasteiger partial charge < -0.3 is 20.6 Å². The second kappa shape index (κ2) is 7.88. The second-order valence-corrected chi connectivity index (χ2v) is 5.00. The molecule has 0 bridgehead atoms. The van der Waals surface area contributed by atoms with Crippen LogP contribution in [0.5, 0.6) is 11.6 Å². The Morgan fingerprint density at radius 3 is 2.62 bits per heavy atom. The van der Waals surface area contributed by atoms with Crippen molar-refractivity contribution in [2.45, 2.75) is 0 Å². The first kappa shape index (κ1) is 17.1. The van der Waals surface area contributed by atoms with Crippen LogP contribution in [0, 0.1) is 5.82 Å². The van der Waals surface area contributed by atoms with Gasteiger partial charge >= 0.3 is 0 Å². The number of nitrogens with zero attached hydrogens (tertiary/aromatic N) is 4. The Balaban J connectivity index is 1.74. The fourth-order valence-corrected chi connectivity index (χ4v) is 2.02. The van der Waals surface area contributed by atoms with E-state index in [0.29, 0.717) is 28.7 Å². The average Bonchev–Trinajstić information content (AvgIpc) is 2.65. The number of nitrogens with one attached hydrogen (secondary N) is 1. The number of nitrogen functional groups attached to an aromatic ring is 1. The summed E-state index contributed by atoms with van der Waals surface area (Å²) in [5.74, 6) is 1.23. The van der Waals surface area contributed by atoms with E-state index in [4.69, 9.17) is 10.5 Å². The van der Waals surface area contributed by atoms with Crippen molar-refractivity contribution in [3.8, 4) is 11.6 Å². The molecule has 9 heteroatoms. The Kier molecular flexibility index (Phi) is 5.18. The highest BCUT2D eigenvalue weighted by molar-refractivity contribution is 5.92. The summed E-state index contributed by atoms with van der Waals surface area (Å²) >= 11 is 0. The first-order valence-electron chi connectivity index (χ1n) is 7.49. The molecule has 0 saturated heterocycles. The summed E-state index contributed by atoms with van der Waals surface area (Å²) in [4.78, 5) is 16.9. The number of aromatic nitrogens is 3. The molecule has 0 amide bonds. The molecule has 2 aromatic heterocycles. The van der Waals surface area contributed by atoms with Gasteiger partial charge in [0.2, 0.25) is 5.88 Å².